The Balaban J connectivity index is 2.68. The number of rotatable bonds is 2. The minimum atomic E-state index is -0.889. The Morgan fingerprint density at radius 1 is 1.53 bits per heavy atom. The molecule has 0 spiro atoms. The maximum atomic E-state index is 13.5. The first-order chi connectivity index (χ1) is 6.99. The van der Waals surface area contributed by atoms with E-state index < -0.39 is 5.60 Å². The summed E-state index contributed by atoms with van der Waals surface area (Å²) in [6.07, 6.45) is 1.33. The Bertz CT molecular complexity index is 414. The van der Waals surface area contributed by atoms with Gasteiger partial charge in [0.15, 0.2) is 0 Å². The van der Waals surface area contributed by atoms with E-state index in [-0.39, 0.29) is 5.82 Å². The number of ether oxygens (including phenoxy) is 1. The van der Waals surface area contributed by atoms with E-state index in [1.165, 1.54) is 13.2 Å². The monoisotopic (exact) mass is 274 g/mol. The van der Waals surface area contributed by atoms with Gasteiger partial charge in [-0.25, -0.2) is 4.39 Å². The molecule has 0 radical (unpaired) electrons. The molecule has 1 aromatic carbocycles. The minimum absolute atomic E-state index is 0.321. The molecule has 0 atom stereocenters. The van der Waals surface area contributed by atoms with Crippen LogP contribution in [0, 0.1) is 12.7 Å². The first-order valence-electron chi connectivity index (χ1n) is 4.75. The van der Waals surface area contributed by atoms with Crippen molar-refractivity contribution in [2.24, 2.45) is 0 Å². The summed E-state index contributed by atoms with van der Waals surface area (Å²) in [7, 11) is 1.52. The van der Waals surface area contributed by atoms with E-state index in [9.17, 15) is 9.50 Å². The molecule has 2 rings (SSSR count). The molecule has 2 nitrogen and oxygen atoms in total. The Hall–Kier alpha value is -0.610. The molecule has 0 unspecified atom stereocenters. The average molecular weight is 275 g/mol. The van der Waals surface area contributed by atoms with E-state index in [0.717, 1.165) is 0 Å². The van der Waals surface area contributed by atoms with Crippen LogP contribution in [0.4, 0.5) is 4.39 Å². The molecular formula is C11H12BrFO2. The molecule has 0 amide bonds. The third-order valence-corrected chi connectivity index (χ3v) is 3.41. The number of hydrogen-bond acceptors (Lipinski definition) is 2. The van der Waals surface area contributed by atoms with Gasteiger partial charge in [0.25, 0.3) is 0 Å². The second kappa shape index (κ2) is 3.46. The van der Waals surface area contributed by atoms with Gasteiger partial charge in [-0.2, -0.15) is 0 Å². The fourth-order valence-corrected chi connectivity index (χ4v) is 2.38. The maximum Gasteiger partial charge on any atom is 0.139 e. The zero-order valence-corrected chi connectivity index (χ0v) is 10.2. The van der Waals surface area contributed by atoms with Crippen molar-refractivity contribution in [3.8, 4) is 5.75 Å². The van der Waals surface area contributed by atoms with Crippen molar-refractivity contribution in [1.82, 2.24) is 0 Å². The van der Waals surface area contributed by atoms with Crippen molar-refractivity contribution in [1.29, 1.82) is 0 Å². The first kappa shape index (κ1) is 10.9. The zero-order chi connectivity index (χ0) is 11.2. The summed E-state index contributed by atoms with van der Waals surface area (Å²) in [5, 5.41) is 10.1. The van der Waals surface area contributed by atoms with Crippen molar-refractivity contribution < 1.29 is 14.2 Å². The Morgan fingerprint density at radius 3 is 2.60 bits per heavy atom. The molecule has 0 aliphatic heterocycles. The molecule has 1 aliphatic carbocycles. The first-order valence-corrected chi connectivity index (χ1v) is 5.54. The predicted molar refractivity (Wildman–Crippen MR) is 58.5 cm³/mol. The molecular weight excluding hydrogens is 263 g/mol. The van der Waals surface area contributed by atoms with Gasteiger partial charge in [-0.05, 0) is 47.3 Å². The predicted octanol–water partition coefficient (Wildman–Crippen LogP) is 2.89. The molecule has 0 heterocycles. The van der Waals surface area contributed by atoms with Gasteiger partial charge in [0.1, 0.15) is 11.6 Å². The summed E-state index contributed by atoms with van der Waals surface area (Å²) in [6, 6.07) is 1.36. The molecule has 4 heteroatoms. The zero-order valence-electron chi connectivity index (χ0n) is 8.60. The summed E-state index contributed by atoms with van der Waals surface area (Å²) in [5.41, 5.74) is 0.159. The van der Waals surface area contributed by atoms with E-state index >= 15 is 0 Å². The van der Waals surface area contributed by atoms with Crippen LogP contribution in [0.1, 0.15) is 24.0 Å². The lowest BCUT2D eigenvalue weighted by Crippen LogP contribution is -2.11. The summed E-state index contributed by atoms with van der Waals surface area (Å²) in [5.74, 6) is 0.215. The van der Waals surface area contributed by atoms with E-state index in [1.54, 1.807) is 6.92 Å². The van der Waals surface area contributed by atoms with Gasteiger partial charge in [-0.3, -0.25) is 0 Å². The van der Waals surface area contributed by atoms with Crippen LogP contribution < -0.4 is 4.74 Å². The van der Waals surface area contributed by atoms with Crippen LogP contribution in [0.25, 0.3) is 0 Å². The highest BCUT2D eigenvalue weighted by Crippen LogP contribution is 2.52. The van der Waals surface area contributed by atoms with Gasteiger partial charge in [0.2, 0.25) is 0 Å². The molecule has 1 saturated carbocycles. The van der Waals surface area contributed by atoms with Gasteiger partial charge in [-0.15, -0.1) is 0 Å². The largest absolute Gasteiger partial charge is 0.495 e. The fraction of sp³-hybridized carbons (Fsp3) is 0.455. The number of aliphatic hydroxyl groups is 1. The summed E-state index contributed by atoms with van der Waals surface area (Å²) in [4.78, 5) is 0. The molecule has 1 N–H and O–H groups in total. The highest BCUT2D eigenvalue weighted by atomic mass is 79.9. The Labute approximate surface area is 96.2 Å². The Kier molecular flexibility index (Phi) is 2.51. The van der Waals surface area contributed by atoms with Gasteiger partial charge in [0, 0.05) is 5.56 Å². The summed E-state index contributed by atoms with van der Waals surface area (Å²) in [6.45, 7) is 1.66. The highest BCUT2D eigenvalue weighted by Gasteiger charge is 2.46. The third-order valence-electron chi connectivity index (χ3n) is 2.82. The number of methoxy groups -OCH3 is 1. The van der Waals surface area contributed by atoms with Gasteiger partial charge >= 0.3 is 0 Å². The average Bonchev–Trinajstić information content (AvgIpc) is 2.90. The number of hydrogen-bond donors (Lipinski definition) is 1. The SMILES string of the molecule is COc1c(Br)cc(F)c(C)c1C1(O)CC1. The molecule has 15 heavy (non-hydrogen) atoms. The van der Waals surface area contributed by atoms with Crippen LogP contribution in [0.3, 0.4) is 0 Å². The lowest BCUT2D eigenvalue weighted by Gasteiger charge is -2.18. The van der Waals surface area contributed by atoms with Crippen LogP contribution in [-0.2, 0) is 5.60 Å². The third kappa shape index (κ3) is 1.66. The van der Waals surface area contributed by atoms with Crippen LogP contribution in [0.15, 0.2) is 10.5 Å². The normalized spacial score (nSPS) is 17.7. The summed E-state index contributed by atoms with van der Waals surface area (Å²) >= 11 is 3.24. The molecule has 1 aromatic rings. The highest BCUT2D eigenvalue weighted by molar-refractivity contribution is 9.10. The topological polar surface area (TPSA) is 29.5 Å². The van der Waals surface area contributed by atoms with Crippen molar-refractivity contribution in [2.45, 2.75) is 25.4 Å². The lowest BCUT2D eigenvalue weighted by atomic mass is 10.00. The molecule has 0 aromatic heterocycles. The van der Waals surface area contributed by atoms with E-state index in [0.29, 0.717) is 34.2 Å². The van der Waals surface area contributed by atoms with Crippen molar-refractivity contribution >= 4 is 15.9 Å². The summed E-state index contributed by atoms with van der Waals surface area (Å²) < 4.78 is 19.3. The molecule has 82 valence electrons. The van der Waals surface area contributed by atoms with Crippen LogP contribution in [-0.4, -0.2) is 12.2 Å². The molecule has 0 bridgehead atoms. The molecule has 0 saturated heterocycles. The standard InChI is InChI=1S/C11H12BrFO2/c1-6-8(13)5-7(12)10(15-2)9(6)11(14)3-4-11/h5,14H,3-4H2,1-2H3. The van der Waals surface area contributed by atoms with Gasteiger partial charge in [0.05, 0.1) is 17.2 Å². The van der Waals surface area contributed by atoms with E-state index in [4.69, 9.17) is 4.74 Å². The van der Waals surface area contributed by atoms with E-state index in [1.807, 2.05) is 0 Å². The number of halogens is 2. The molecule has 1 fully saturated rings. The van der Waals surface area contributed by atoms with Crippen molar-refractivity contribution in [3.63, 3.8) is 0 Å². The van der Waals surface area contributed by atoms with E-state index in [2.05, 4.69) is 15.9 Å². The molecule has 1 aliphatic rings. The lowest BCUT2D eigenvalue weighted by molar-refractivity contribution is 0.146. The van der Waals surface area contributed by atoms with Crippen LogP contribution in [0.5, 0.6) is 5.75 Å². The minimum Gasteiger partial charge on any atom is -0.495 e. The van der Waals surface area contributed by atoms with Crippen LogP contribution >= 0.6 is 15.9 Å². The quantitative estimate of drug-likeness (QED) is 0.899. The van der Waals surface area contributed by atoms with Crippen LogP contribution in [0.2, 0.25) is 0 Å². The van der Waals surface area contributed by atoms with Crippen molar-refractivity contribution in [3.05, 3.63) is 27.5 Å². The smallest absolute Gasteiger partial charge is 0.139 e. The van der Waals surface area contributed by atoms with Gasteiger partial charge in [-0.1, -0.05) is 0 Å². The Morgan fingerprint density at radius 2 is 2.13 bits per heavy atom. The second-order valence-corrected chi connectivity index (χ2v) is 4.76. The second-order valence-electron chi connectivity index (χ2n) is 3.91. The number of benzene rings is 1. The maximum absolute atomic E-state index is 13.5. The van der Waals surface area contributed by atoms with Crippen molar-refractivity contribution in [2.75, 3.05) is 7.11 Å². The fourth-order valence-electron chi connectivity index (χ4n) is 1.82. The van der Waals surface area contributed by atoms with Gasteiger partial charge < -0.3 is 9.84 Å².